The lowest BCUT2D eigenvalue weighted by Gasteiger charge is -2.17. The third-order valence-corrected chi connectivity index (χ3v) is 7.50. The summed E-state index contributed by atoms with van der Waals surface area (Å²) in [4.78, 5) is 13.4. The molecule has 0 aliphatic carbocycles. The number of carbonyl (C=O) groups excluding carboxylic acids is 1. The summed E-state index contributed by atoms with van der Waals surface area (Å²) in [7, 11) is -2.90. The van der Waals surface area contributed by atoms with Crippen LogP contribution in [0.1, 0.15) is 50.4 Å². The first-order chi connectivity index (χ1) is 11.3. The van der Waals surface area contributed by atoms with Crippen LogP contribution in [0.4, 0.5) is 0 Å². The van der Waals surface area contributed by atoms with Crippen molar-refractivity contribution in [1.29, 1.82) is 0 Å². The lowest BCUT2D eigenvalue weighted by atomic mass is 10.0. The van der Waals surface area contributed by atoms with Gasteiger partial charge in [0.15, 0.2) is 9.84 Å². The van der Waals surface area contributed by atoms with Crippen molar-refractivity contribution in [2.45, 2.75) is 56.2 Å². The minimum atomic E-state index is -2.90. The number of thioether (sulfide) groups is 1. The van der Waals surface area contributed by atoms with Crippen LogP contribution in [0.5, 0.6) is 0 Å². The van der Waals surface area contributed by atoms with Gasteiger partial charge in [0, 0.05) is 16.2 Å². The highest BCUT2D eigenvalue weighted by Crippen LogP contribution is 2.33. The Kier molecular flexibility index (Phi) is 6.75. The van der Waals surface area contributed by atoms with E-state index in [1.54, 1.807) is 0 Å². The molecule has 0 saturated carbocycles. The van der Waals surface area contributed by atoms with Gasteiger partial charge < -0.3 is 5.32 Å². The number of hydrogen-bond acceptors (Lipinski definition) is 4. The molecule has 1 fully saturated rings. The van der Waals surface area contributed by atoms with Crippen molar-refractivity contribution in [1.82, 2.24) is 5.32 Å². The van der Waals surface area contributed by atoms with E-state index in [4.69, 9.17) is 0 Å². The van der Waals surface area contributed by atoms with Crippen LogP contribution in [-0.2, 0) is 9.84 Å². The van der Waals surface area contributed by atoms with Crippen LogP contribution in [0.2, 0.25) is 0 Å². The van der Waals surface area contributed by atoms with Crippen LogP contribution in [0.3, 0.4) is 0 Å². The van der Waals surface area contributed by atoms with Crippen molar-refractivity contribution < 1.29 is 13.2 Å². The number of benzene rings is 1. The summed E-state index contributed by atoms with van der Waals surface area (Å²) in [5.41, 5.74) is 0.642. The molecular weight excluding hydrogens is 342 g/mol. The largest absolute Gasteiger partial charge is 0.350 e. The maximum Gasteiger partial charge on any atom is 0.252 e. The molecule has 24 heavy (non-hydrogen) atoms. The molecule has 4 nitrogen and oxygen atoms in total. The molecule has 134 valence electrons. The first kappa shape index (κ1) is 19.3. The van der Waals surface area contributed by atoms with Crippen molar-refractivity contribution >= 4 is 27.5 Å². The second-order valence-corrected chi connectivity index (χ2v) is 10.6. The number of sulfone groups is 1. The van der Waals surface area contributed by atoms with Gasteiger partial charge in [-0.3, -0.25) is 4.79 Å². The molecule has 2 rings (SSSR count). The van der Waals surface area contributed by atoms with E-state index >= 15 is 0 Å². The molecule has 1 aliphatic rings. The average molecular weight is 370 g/mol. The Labute approximate surface area is 149 Å². The normalized spacial score (nSPS) is 20.9. The number of nitrogens with one attached hydrogen (secondary N) is 1. The van der Waals surface area contributed by atoms with Gasteiger partial charge in [-0.25, -0.2) is 8.42 Å². The smallest absolute Gasteiger partial charge is 0.252 e. The predicted octanol–water partition coefficient (Wildman–Crippen LogP) is 3.52. The number of carbonyl (C=O) groups is 1. The molecule has 2 atom stereocenters. The summed E-state index contributed by atoms with van der Waals surface area (Å²) < 4.78 is 23.3. The second-order valence-electron chi connectivity index (χ2n) is 6.98. The number of rotatable bonds is 7. The summed E-state index contributed by atoms with van der Waals surface area (Å²) in [6, 6.07) is 7.60. The third-order valence-electron chi connectivity index (χ3n) is 4.17. The molecule has 1 saturated heterocycles. The van der Waals surface area contributed by atoms with Crippen molar-refractivity contribution in [3.05, 3.63) is 29.8 Å². The number of amides is 1. The fourth-order valence-corrected chi connectivity index (χ4v) is 6.37. The van der Waals surface area contributed by atoms with Gasteiger partial charge in [-0.15, -0.1) is 11.8 Å². The number of hydrogen-bond donors (Lipinski definition) is 1. The van der Waals surface area contributed by atoms with Crippen molar-refractivity contribution in [2.24, 2.45) is 5.92 Å². The van der Waals surface area contributed by atoms with E-state index in [0.29, 0.717) is 17.9 Å². The average Bonchev–Trinajstić information content (AvgIpc) is 2.84. The van der Waals surface area contributed by atoms with Crippen LogP contribution in [0.15, 0.2) is 29.2 Å². The summed E-state index contributed by atoms with van der Waals surface area (Å²) in [6.45, 7) is 6.38. The zero-order valence-electron chi connectivity index (χ0n) is 14.6. The third kappa shape index (κ3) is 5.81. The van der Waals surface area contributed by atoms with Crippen LogP contribution in [0.25, 0.3) is 0 Å². The van der Waals surface area contributed by atoms with Crippen LogP contribution in [-0.4, -0.2) is 37.1 Å². The van der Waals surface area contributed by atoms with Crippen LogP contribution < -0.4 is 5.32 Å². The molecule has 6 heteroatoms. The minimum Gasteiger partial charge on any atom is -0.350 e. The lowest BCUT2D eigenvalue weighted by molar-refractivity contribution is 0.0934. The Morgan fingerprint density at radius 2 is 1.96 bits per heavy atom. The van der Waals surface area contributed by atoms with Crippen molar-refractivity contribution in [3.63, 3.8) is 0 Å². The zero-order valence-corrected chi connectivity index (χ0v) is 16.3. The molecule has 1 N–H and O–H groups in total. The van der Waals surface area contributed by atoms with E-state index in [2.05, 4.69) is 19.2 Å². The fourth-order valence-electron chi connectivity index (χ4n) is 2.75. The Morgan fingerprint density at radius 3 is 2.58 bits per heavy atom. The Hall–Kier alpha value is -1.01. The van der Waals surface area contributed by atoms with E-state index in [-0.39, 0.29) is 28.7 Å². The molecule has 0 bridgehead atoms. The van der Waals surface area contributed by atoms with E-state index < -0.39 is 9.84 Å². The summed E-state index contributed by atoms with van der Waals surface area (Å²) in [6.07, 6.45) is 2.70. The van der Waals surface area contributed by atoms with Gasteiger partial charge in [0.2, 0.25) is 0 Å². The zero-order chi connectivity index (χ0) is 17.7. The molecule has 1 aliphatic heterocycles. The maximum absolute atomic E-state index is 12.6. The Morgan fingerprint density at radius 1 is 1.25 bits per heavy atom. The lowest BCUT2D eigenvalue weighted by Crippen LogP contribution is -2.33. The summed E-state index contributed by atoms with van der Waals surface area (Å²) in [5, 5.41) is 3.11. The van der Waals surface area contributed by atoms with E-state index in [1.165, 1.54) is 11.8 Å². The molecular formula is C18H27NO3S2. The van der Waals surface area contributed by atoms with Gasteiger partial charge in [0.25, 0.3) is 5.91 Å². The highest BCUT2D eigenvalue weighted by Gasteiger charge is 2.29. The van der Waals surface area contributed by atoms with E-state index in [9.17, 15) is 13.2 Å². The first-order valence-electron chi connectivity index (χ1n) is 8.54. The minimum absolute atomic E-state index is 0.0438. The molecule has 1 heterocycles. The van der Waals surface area contributed by atoms with E-state index in [0.717, 1.165) is 17.7 Å². The van der Waals surface area contributed by atoms with Crippen LogP contribution in [0, 0.1) is 5.92 Å². The molecule has 0 aromatic heterocycles. The Balaban J connectivity index is 2.01. The fraction of sp³-hybridized carbons (Fsp3) is 0.611. The van der Waals surface area contributed by atoms with Gasteiger partial charge in [-0.1, -0.05) is 26.0 Å². The van der Waals surface area contributed by atoms with Crippen molar-refractivity contribution in [3.8, 4) is 0 Å². The second kappa shape index (κ2) is 8.39. The van der Waals surface area contributed by atoms with E-state index in [1.807, 2.05) is 31.2 Å². The quantitative estimate of drug-likeness (QED) is 0.799. The molecule has 0 spiro atoms. The monoisotopic (exact) mass is 369 g/mol. The summed E-state index contributed by atoms with van der Waals surface area (Å²) in [5.74, 6) is 1.01. The van der Waals surface area contributed by atoms with Crippen molar-refractivity contribution in [2.75, 3.05) is 11.5 Å². The molecule has 1 aromatic carbocycles. The summed E-state index contributed by atoms with van der Waals surface area (Å²) >= 11 is 1.51. The highest BCUT2D eigenvalue weighted by molar-refractivity contribution is 8.02. The molecule has 0 unspecified atom stereocenters. The van der Waals surface area contributed by atoms with Gasteiger partial charge >= 0.3 is 0 Å². The molecule has 1 amide bonds. The highest BCUT2D eigenvalue weighted by atomic mass is 32.2. The maximum atomic E-state index is 12.6. The first-order valence-corrected chi connectivity index (χ1v) is 11.2. The molecule has 1 aromatic rings. The SMILES string of the molecule is CC(C)CC[C@H](C)NC(=O)c1ccccc1S[C@H]1CCS(=O)(=O)C1. The van der Waals surface area contributed by atoms with Gasteiger partial charge in [-0.2, -0.15) is 0 Å². The predicted molar refractivity (Wildman–Crippen MR) is 100 cm³/mol. The standard InChI is InChI=1S/C18H27NO3S2/c1-13(2)8-9-14(3)19-18(20)16-6-4-5-7-17(16)23-15-10-11-24(21,22)12-15/h4-7,13-15H,8-12H2,1-3H3,(H,19,20)/t14-,15-/m0/s1. The topological polar surface area (TPSA) is 63.2 Å². The van der Waals surface area contributed by atoms with Gasteiger partial charge in [0.05, 0.1) is 17.1 Å². The van der Waals surface area contributed by atoms with Gasteiger partial charge in [0.1, 0.15) is 0 Å². The molecule has 0 radical (unpaired) electrons. The van der Waals surface area contributed by atoms with Gasteiger partial charge in [-0.05, 0) is 44.2 Å². The Bertz CT molecular complexity index is 671. The van der Waals surface area contributed by atoms with Crippen LogP contribution >= 0.6 is 11.8 Å².